The van der Waals surface area contributed by atoms with Gasteiger partial charge in [-0.2, -0.15) is 0 Å². The first kappa shape index (κ1) is 16.6. The molecular formula is C19H20ClN3OS. The molecule has 3 aromatic rings. The molecule has 0 spiro atoms. The van der Waals surface area contributed by atoms with E-state index in [1.807, 2.05) is 52.2 Å². The van der Waals surface area contributed by atoms with Crippen LogP contribution in [0.15, 0.2) is 35.8 Å². The van der Waals surface area contributed by atoms with Crippen molar-refractivity contribution in [3.63, 3.8) is 0 Å². The summed E-state index contributed by atoms with van der Waals surface area (Å²) < 4.78 is 1.91. The Morgan fingerprint density at radius 2 is 1.96 bits per heavy atom. The molecule has 6 heteroatoms. The molecule has 0 aliphatic heterocycles. The number of amides is 1. The fourth-order valence-electron chi connectivity index (χ4n) is 3.51. The van der Waals surface area contributed by atoms with Gasteiger partial charge in [-0.3, -0.25) is 9.20 Å². The van der Waals surface area contributed by atoms with Crippen molar-refractivity contribution in [1.29, 1.82) is 0 Å². The topological polar surface area (TPSA) is 37.6 Å². The molecule has 0 N–H and O–H groups in total. The maximum atomic E-state index is 13.0. The quantitative estimate of drug-likeness (QED) is 0.638. The molecule has 1 saturated carbocycles. The number of thiazole rings is 1. The number of rotatable bonds is 3. The van der Waals surface area contributed by atoms with Crippen LogP contribution in [-0.4, -0.2) is 33.3 Å². The Hall–Kier alpha value is -1.85. The SMILES string of the molecule is CN(C(=O)c1csc2nc(-c3ccc(Cl)cc3)cn12)C1CCCCC1. The number of hydrogen-bond acceptors (Lipinski definition) is 3. The summed E-state index contributed by atoms with van der Waals surface area (Å²) in [4.78, 5) is 20.4. The highest BCUT2D eigenvalue weighted by atomic mass is 35.5. The second-order valence-electron chi connectivity index (χ2n) is 6.61. The molecular weight excluding hydrogens is 354 g/mol. The lowest BCUT2D eigenvalue weighted by Crippen LogP contribution is -2.38. The third kappa shape index (κ3) is 3.18. The number of benzene rings is 1. The number of carbonyl (C=O) groups is 1. The van der Waals surface area contributed by atoms with E-state index in [4.69, 9.17) is 11.6 Å². The molecule has 1 amide bonds. The maximum Gasteiger partial charge on any atom is 0.271 e. The highest BCUT2D eigenvalue weighted by Crippen LogP contribution is 2.27. The van der Waals surface area contributed by atoms with Crippen LogP contribution in [0.5, 0.6) is 0 Å². The summed E-state index contributed by atoms with van der Waals surface area (Å²) in [6, 6.07) is 7.96. The minimum Gasteiger partial charge on any atom is -0.337 e. The van der Waals surface area contributed by atoms with Crippen LogP contribution in [0.2, 0.25) is 5.02 Å². The average Bonchev–Trinajstić information content (AvgIpc) is 3.22. The predicted molar refractivity (Wildman–Crippen MR) is 102 cm³/mol. The summed E-state index contributed by atoms with van der Waals surface area (Å²) in [6.45, 7) is 0. The van der Waals surface area contributed by atoms with E-state index in [0.717, 1.165) is 29.1 Å². The van der Waals surface area contributed by atoms with Crippen LogP contribution in [0.4, 0.5) is 0 Å². The first-order valence-corrected chi connectivity index (χ1v) is 9.89. The van der Waals surface area contributed by atoms with E-state index >= 15 is 0 Å². The molecule has 4 rings (SSSR count). The van der Waals surface area contributed by atoms with E-state index in [0.29, 0.717) is 16.8 Å². The van der Waals surface area contributed by atoms with Crippen LogP contribution in [0.25, 0.3) is 16.2 Å². The van der Waals surface area contributed by atoms with Crippen LogP contribution in [-0.2, 0) is 0 Å². The first-order chi connectivity index (χ1) is 12.1. The molecule has 1 aliphatic rings. The fourth-order valence-corrected chi connectivity index (χ4v) is 4.49. The molecule has 0 saturated heterocycles. The fraction of sp³-hybridized carbons (Fsp3) is 0.368. The molecule has 2 aromatic heterocycles. The normalized spacial score (nSPS) is 15.6. The monoisotopic (exact) mass is 373 g/mol. The van der Waals surface area contributed by atoms with Crippen molar-refractivity contribution in [3.8, 4) is 11.3 Å². The van der Waals surface area contributed by atoms with Gasteiger partial charge in [0.15, 0.2) is 4.96 Å². The Bertz CT molecular complexity index is 893. The standard InChI is InChI=1S/C19H20ClN3OS/c1-22(15-5-3-2-4-6-15)18(24)17-12-25-19-21-16(11-23(17)19)13-7-9-14(20)10-8-13/h7-12,15H,2-6H2,1H3. The summed E-state index contributed by atoms with van der Waals surface area (Å²) in [6.07, 6.45) is 7.87. The largest absolute Gasteiger partial charge is 0.337 e. The van der Waals surface area contributed by atoms with Gasteiger partial charge >= 0.3 is 0 Å². The second-order valence-corrected chi connectivity index (χ2v) is 7.89. The van der Waals surface area contributed by atoms with Gasteiger partial charge in [-0.15, -0.1) is 11.3 Å². The van der Waals surface area contributed by atoms with Crippen LogP contribution in [0, 0.1) is 0 Å². The van der Waals surface area contributed by atoms with Gasteiger partial charge in [0.05, 0.1) is 5.69 Å². The van der Waals surface area contributed by atoms with Crippen LogP contribution in [0.3, 0.4) is 0 Å². The van der Waals surface area contributed by atoms with E-state index < -0.39 is 0 Å². The number of hydrogen-bond donors (Lipinski definition) is 0. The van der Waals surface area contributed by atoms with Crippen molar-refractivity contribution in [2.24, 2.45) is 0 Å². The number of imidazole rings is 1. The summed E-state index contributed by atoms with van der Waals surface area (Å²) in [5.41, 5.74) is 2.55. The van der Waals surface area contributed by atoms with Crippen LogP contribution in [0.1, 0.15) is 42.6 Å². The Balaban J connectivity index is 1.63. The molecule has 1 aliphatic carbocycles. The van der Waals surface area contributed by atoms with Gasteiger partial charge in [0, 0.05) is 35.3 Å². The summed E-state index contributed by atoms with van der Waals surface area (Å²) in [5, 5.41) is 2.62. The second kappa shape index (κ2) is 6.81. The van der Waals surface area contributed by atoms with Crippen molar-refractivity contribution < 1.29 is 4.79 Å². The van der Waals surface area contributed by atoms with E-state index in [1.165, 1.54) is 30.6 Å². The van der Waals surface area contributed by atoms with E-state index in [9.17, 15) is 4.79 Å². The lowest BCUT2D eigenvalue weighted by molar-refractivity contribution is 0.0689. The van der Waals surface area contributed by atoms with Crippen molar-refractivity contribution in [2.45, 2.75) is 38.1 Å². The molecule has 0 bridgehead atoms. The van der Waals surface area contributed by atoms with E-state index in [1.54, 1.807) is 0 Å². The maximum absolute atomic E-state index is 13.0. The molecule has 25 heavy (non-hydrogen) atoms. The summed E-state index contributed by atoms with van der Waals surface area (Å²) in [7, 11) is 1.93. The van der Waals surface area contributed by atoms with E-state index in [-0.39, 0.29) is 5.91 Å². The van der Waals surface area contributed by atoms with Gasteiger partial charge in [0.25, 0.3) is 5.91 Å². The average molecular weight is 374 g/mol. The molecule has 1 fully saturated rings. The molecule has 4 nitrogen and oxygen atoms in total. The summed E-state index contributed by atoms with van der Waals surface area (Å²) in [5.74, 6) is 0.0817. The number of aromatic nitrogens is 2. The van der Waals surface area contributed by atoms with E-state index in [2.05, 4.69) is 4.98 Å². The van der Waals surface area contributed by atoms with Gasteiger partial charge in [0.2, 0.25) is 0 Å². The van der Waals surface area contributed by atoms with Gasteiger partial charge in [-0.05, 0) is 25.0 Å². The molecule has 0 radical (unpaired) electrons. The Morgan fingerprint density at radius 1 is 1.24 bits per heavy atom. The molecule has 130 valence electrons. The lowest BCUT2D eigenvalue weighted by atomic mass is 9.94. The first-order valence-electron chi connectivity index (χ1n) is 8.63. The zero-order valence-corrected chi connectivity index (χ0v) is 15.7. The minimum atomic E-state index is 0.0817. The highest BCUT2D eigenvalue weighted by Gasteiger charge is 2.25. The molecule has 2 heterocycles. The van der Waals surface area contributed by atoms with Crippen molar-refractivity contribution in [3.05, 3.63) is 46.6 Å². The van der Waals surface area contributed by atoms with Gasteiger partial charge in [-0.1, -0.05) is 43.0 Å². The minimum absolute atomic E-state index is 0.0817. The number of fused-ring (bicyclic) bond motifs is 1. The summed E-state index contributed by atoms with van der Waals surface area (Å²) >= 11 is 7.46. The zero-order valence-electron chi connectivity index (χ0n) is 14.1. The third-order valence-corrected chi connectivity index (χ3v) is 6.10. The van der Waals surface area contributed by atoms with Crippen molar-refractivity contribution >= 4 is 33.8 Å². The lowest BCUT2D eigenvalue weighted by Gasteiger charge is -2.31. The van der Waals surface area contributed by atoms with Crippen LogP contribution >= 0.6 is 22.9 Å². The molecule has 0 unspecified atom stereocenters. The van der Waals surface area contributed by atoms with Gasteiger partial charge in [0.1, 0.15) is 5.69 Å². The smallest absolute Gasteiger partial charge is 0.271 e. The molecule has 0 atom stereocenters. The van der Waals surface area contributed by atoms with Crippen molar-refractivity contribution in [2.75, 3.05) is 7.05 Å². The number of nitrogens with zero attached hydrogens (tertiary/aromatic N) is 3. The Kier molecular flexibility index (Phi) is 4.52. The highest BCUT2D eigenvalue weighted by molar-refractivity contribution is 7.15. The number of halogens is 1. The molecule has 1 aromatic carbocycles. The predicted octanol–water partition coefficient (Wildman–Crippen LogP) is 5.12. The van der Waals surface area contributed by atoms with Crippen molar-refractivity contribution in [1.82, 2.24) is 14.3 Å². The number of carbonyl (C=O) groups excluding carboxylic acids is 1. The third-order valence-electron chi connectivity index (χ3n) is 5.01. The van der Waals surface area contributed by atoms with Crippen LogP contribution < -0.4 is 0 Å². The Labute approximate surface area is 156 Å². The van der Waals surface area contributed by atoms with Gasteiger partial charge < -0.3 is 4.90 Å². The zero-order chi connectivity index (χ0) is 17.4. The Morgan fingerprint density at radius 3 is 2.68 bits per heavy atom. The van der Waals surface area contributed by atoms with Gasteiger partial charge in [-0.25, -0.2) is 4.98 Å².